The zero-order valence-electron chi connectivity index (χ0n) is 10.5. The Hall–Kier alpha value is 0.270. The molecule has 0 spiro atoms. The number of aliphatic hydroxyl groups is 1. The minimum Gasteiger partial charge on any atom is -0.394 e. The molecule has 0 aliphatic carbocycles. The van der Waals surface area contributed by atoms with Crippen molar-refractivity contribution in [2.45, 2.75) is 51.5 Å². The smallest absolute Gasteiger partial charge is 0.0613 e. The molecule has 2 nitrogen and oxygen atoms in total. The van der Waals surface area contributed by atoms with Crippen LogP contribution in [0.25, 0.3) is 0 Å². The molecule has 0 aromatic heterocycles. The van der Waals surface area contributed by atoms with Crippen molar-refractivity contribution in [2.75, 3.05) is 25.2 Å². The van der Waals surface area contributed by atoms with E-state index in [1.807, 2.05) is 18.8 Å². The lowest BCUT2D eigenvalue weighted by Crippen LogP contribution is -2.45. The Balaban J connectivity index is 3.54. The molecule has 0 aliphatic rings. The van der Waals surface area contributed by atoms with Gasteiger partial charge in [0.05, 0.1) is 6.61 Å². The van der Waals surface area contributed by atoms with E-state index in [2.05, 4.69) is 19.2 Å². The van der Waals surface area contributed by atoms with Crippen LogP contribution in [0.3, 0.4) is 0 Å². The first-order valence-electron chi connectivity index (χ1n) is 6.12. The summed E-state index contributed by atoms with van der Waals surface area (Å²) in [5, 5.41) is 12.6. The predicted octanol–water partition coefficient (Wildman–Crippen LogP) is 2.66. The maximum Gasteiger partial charge on any atom is 0.0613 e. The van der Waals surface area contributed by atoms with Gasteiger partial charge in [-0.25, -0.2) is 0 Å². The van der Waals surface area contributed by atoms with E-state index in [-0.39, 0.29) is 12.1 Å². The molecule has 3 heteroatoms. The first kappa shape index (κ1) is 15.3. The predicted molar refractivity (Wildman–Crippen MR) is 70.6 cm³/mol. The Morgan fingerprint density at radius 2 is 1.87 bits per heavy atom. The number of nitrogens with one attached hydrogen (secondary N) is 1. The molecule has 15 heavy (non-hydrogen) atoms. The lowest BCUT2D eigenvalue weighted by molar-refractivity contribution is 0.154. The summed E-state index contributed by atoms with van der Waals surface area (Å²) in [5.74, 6) is 2.51. The van der Waals surface area contributed by atoms with Gasteiger partial charge in [-0.3, -0.25) is 0 Å². The molecular weight excluding hydrogens is 206 g/mol. The van der Waals surface area contributed by atoms with E-state index < -0.39 is 0 Å². The van der Waals surface area contributed by atoms with Gasteiger partial charge in [0, 0.05) is 5.54 Å². The Morgan fingerprint density at radius 3 is 2.33 bits per heavy atom. The maximum atomic E-state index is 9.35. The highest BCUT2D eigenvalue weighted by Gasteiger charge is 2.23. The lowest BCUT2D eigenvalue weighted by atomic mass is 9.92. The number of hydrogen-bond donors (Lipinski definition) is 2. The average molecular weight is 233 g/mol. The third kappa shape index (κ3) is 6.44. The monoisotopic (exact) mass is 233 g/mol. The second kappa shape index (κ2) is 9.49. The van der Waals surface area contributed by atoms with Crippen molar-refractivity contribution in [1.29, 1.82) is 0 Å². The molecule has 0 saturated heterocycles. The summed E-state index contributed by atoms with van der Waals surface area (Å²) >= 11 is 2.04. The SMILES string of the molecule is CCCCSCCCC(CC)(CO)NC. The molecule has 0 amide bonds. The Bertz CT molecular complexity index is 129. The highest BCUT2D eigenvalue weighted by molar-refractivity contribution is 7.99. The van der Waals surface area contributed by atoms with Crippen LogP contribution in [0.15, 0.2) is 0 Å². The standard InChI is InChI=1S/C12H27NOS/c1-4-6-9-15-10-7-8-12(5-2,11-14)13-3/h13-14H,4-11H2,1-3H3. The van der Waals surface area contributed by atoms with E-state index in [1.54, 1.807) is 0 Å². The normalized spacial score (nSPS) is 15.2. The minimum absolute atomic E-state index is 0.0364. The summed E-state index contributed by atoms with van der Waals surface area (Å²) in [6.45, 7) is 4.62. The van der Waals surface area contributed by atoms with Gasteiger partial charge in [0.15, 0.2) is 0 Å². The van der Waals surface area contributed by atoms with E-state index in [9.17, 15) is 5.11 Å². The summed E-state index contributed by atoms with van der Waals surface area (Å²) in [5.41, 5.74) is -0.0364. The van der Waals surface area contributed by atoms with E-state index in [0.29, 0.717) is 0 Å². The second-order valence-corrected chi connectivity index (χ2v) is 5.34. The summed E-state index contributed by atoms with van der Waals surface area (Å²) in [4.78, 5) is 0. The summed E-state index contributed by atoms with van der Waals surface area (Å²) in [6.07, 6.45) is 5.90. The molecule has 0 radical (unpaired) electrons. The lowest BCUT2D eigenvalue weighted by Gasteiger charge is -2.30. The van der Waals surface area contributed by atoms with E-state index in [0.717, 1.165) is 12.8 Å². The van der Waals surface area contributed by atoms with Crippen molar-refractivity contribution in [3.63, 3.8) is 0 Å². The molecule has 0 bridgehead atoms. The van der Waals surface area contributed by atoms with Crippen LogP contribution in [0.2, 0.25) is 0 Å². The quantitative estimate of drug-likeness (QED) is 0.569. The number of rotatable bonds is 10. The fourth-order valence-electron chi connectivity index (χ4n) is 1.61. The van der Waals surface area contributed by atoms with Crippen LogP contribution >= 0.6 is 11.8 Å². The summed E-state index contributed by atoms with van der Waals surface area (Å²) in [7, 11) is 1.95. The molecule has 0 heterocycles. The molecule has 0 aliphatic heterocycles. The van der Waals surface area contributed by atoms with Crippen molar-refractivity contribution in [2.24, 2.45) is 0 Å². The molecule has 1 unspecified atom stereocenters. The zero-order chi connectivity index (χ0) is 11.6. The number of thioether (sulfide) groups is 1. The number of hydrogen-bond acceptors (Lipinski definition) is 3. The second-order valence-electron chi connectivity index (χ2n) is 4.11. The van der Waals surface area contributed by atoms with Gasteiger partial charge in [-0.05, 0) is 44.2 Å². The molecular formula is C12H27NOS. The van der Waals surface area contributed by atoms with Gasteiger partial charge in [-0.1, -0.05) is 20.3 Å². The molecule has 0 fully saturated rings. The number of likely N-dealkylation sites (N-methyl/N-ethyl adjacent to an activating group) is 1. The Labute approximate surface area is 99.2 Å². The third-order valence-corrected chi connectivity index (χ3v) is 4.25. The third-order valence-electron chi connectivity index (χ3n) is 3.10. The fourth-order valence-corrected chi connectivity index (χ4v) is 2.65. The van der Waals surface area contributed by atoms with Crippen LogP contribution in [0.1, 0.15) is 46.0 Å². The van der Waals surface area contributed by atoms with Crippen molar-refractivity contribution < 1.29 is 5.11 Å². The molecule has 0 rings (SSSR count). The number of unbranched alkanes of at least 4 members (excludes halogenated alkanes) is 1. The van der Waals surface area contributed by atoms with Gasteiger partial charge in [-0.15, -0.1) is 0 Å². The van der Waals surface area contributed by atoms with Gasteiger partial charge in [-0.2, -0.15) is 11.8 Å². The van der Waals surface area contributed by atoms with Crippen LogP contribution in [0.5, 0.6) is 0 Å². The van der Waals surface area contributed by atoms with Crippen LogP contribution in [0, 0.1) is 0 Å². The molecule has 1 atom stereocenters. The molecule has 2 N–H and O–H groups in total. The van der Waals surface area contributed by atoms with Gasteiger partial charge in [0.1, 0.15) is 0 Å². The van der Waals surface area contributed by atoms with Gasteiger partial charge >= 0.3 is 0 Å². The van der Waals surface area contributed by atoms with Crippen LogP contribution in [-0.2, 0) is 0 Å². The fraction of sp³-hybridized carbons (Fsp3) is 1.00. The molecule has 92 valence electrons. The Kier molecular flexibility index (Phi) is 9.66. The largest absolute Gasteiger partial charge is 0.394 e. The van der Waals surface area contributed by atoms with E-state index >= 15 is 0 Å². The van der Waals surface area contributed by atoms with Crippen LogP contribution in [0.4, 0.5) is 0 Å². The van der Waals surface area contributed by atoms with E-state index in [1.165, 1.54) is 30.8 Å². The molecule has 0 saturated carbocycles. The van der Waals surface area contributed by atoms with Crippen molar-refractivity contribution >= 4 is 11.8 Å². The minimum atomic E-state index is -0.0364. The molecule has 0 aromatic rings. The highest BCUT2D eigenvalue weighted by atomic mass is 32.2. The van der Waals surface area contributed by atoms with Crippen molar-refractivity contribution in [1.82, 2.24) is 5.32 Å². The van der Waals surface area contributed by atoms with Crippen molar-refractivity contribution in [3.8, 4) is 0 Å². The van der Waals surface area contributed by atoms with Gasteiger partial charge in [0.25, 0.3) is 0 Å². The first-order chi connectivity index (χ1) is 7.24. The van der Waals surface area contributed by atoms with Crippen LogP contribution < -0.4 is 5.32 Å². The highest BCUT2D eigenvalue weighted by Crippen LogP contribution is 2.18. The van der Waals surface area contributed by atoms with Gasteiger partial charge < -0.3 is 10.4 Å². The molecule has 0 aromatic carbocycles. The maximum absolute atomic E-state index is 9.35. The van der Waals surface area contributed by atoms with Crippen molar-refractivity contribution in [3.05, 3.63) is 0 Å². The van der Waals surface area contributed by atoms with Gasteiger partial charge in [0.2, 0.25) is 0 Å². The summed E-state index contributed by atoms with van der Waals surface area (Å²) in [6, 6.07) is 0. The van der Waals surface area contributed by atoms with E-state index in [4.69, 9.17) is 0 Å². The zero-order valence-corrected chi connectivity index (χ0v) is 11.3. The first-order valence-corrected chi connectivity index (χ1v) is 7.27. The average Bonchev–Trinajstić information content (AvgIpc) is 2.29. The number of aliphatic hydroxyl groups excluding tert-OH is 1. The summed E-state index contributed by atoms with van der Waals surface area (Å²) < 4.78 is 0. The van der Waals surface area contributed by atoms with Crippen LogP contribution in [-0.4, -0.2) is 35.8 Å². The Morgan fingerprint density at radius 1 is 1.20 bits per heavy atom. The topological polar surface area (TPSA) is 32.3 Å².